The first-order valence-electron chi connectivity index (χ1n) is 7.27. The average molecular weight is 298 g/mol. The van der Waals surface area contributed by atoms with Crippen LogP contribution in [0.4, 0.5) is 11.4 Å². The van der Waals surface area contributed by atoms with E-state index < -0.39 is 6.10 Å². The van der Waals surface area contributed by atoms with Gasteiger partial charge in [-0.2, -0.15) is 0 Å². The topological polar surface area (TPSA) is 64.3 Å². The maximum atomic E-state index is 12.3. The monoisotopic (exact) mass is 298 g/mol. The smallest absolute Gasteiger partial charge is 0.265 e. The van der Waals surface area contributed by atoms with Crippen molar-refractivity contribution in [2.75, 3.05) is 11.1 Å². The maximum Gasteiger partial charge on any atom is 0.265 e. The zero-order valence-corrected chi connectivity index (χ0v) is 13.4. The molecule has 0 saturated heterocycles. The summed E-state index contributed by atoms with van der Waals surface area (Å²) in [4.78, 5) is 12.3. The molecule has 4 heteroatoms. The van der Waals surface area contributed by atoms with E-state index in [1.54, 1.807) is 19.1 Å². The van der Waals surface area contributed by atoms with Crippen LogP contribution in [0.3, 0.4) is 0 Å². The van der Waals surface area contributed by atoms with Gasteiger partial charge in [-0.3, -0.25) is 4.79 Å². The van der Waals surface area contributed by atoms with E-state index in [9.17, 15) is 4.79 Å². The van der Waals surface area contributed by atoms with Crippen molar-refractivity contribution < 1.29 is 9.53 Å². The highest BCUT2D eigenvalue weighted by molar-refractivity contribution is 5.95. The summed E-state index contributed by atoms with van der Waals surface area (Å²) in [7, 11) is 0. The van der Waals surface area contributed by atoms with Gasteiger partial charge in [0.25, 0.3) is 5.91 Å². The molecular formula is C18H22N2O2. The van der Waals surface area contributed by atoms with Gasteiger partial charge < -0.3 is 15.8 Å². The molecule has 0 heterocycles. The lowest BCUT2D eigenvalue weighted by atomic mass is 10.1. The highest BCUT2D eigenvalue weighted by Crippen LogP contribution is 2.22. The molecule has 2 aromatic carbocycles. The van der Waals surface area contributed by atoms with Crippen LogP contribution in [0.15, 0.2) is 36.4 Å². The van der Waals surface area contributed by atoms with Crippen LogP contribution in [-0.4, -0.2) is 12.0 Å². The summed E-state index contributed by atoms with van der Waals surface area (Å²) in [5.74, 6) is 0.529. The third kappa shape index (κ3) is 3.79. The number of hydrogen-bond acceptors (Lipinski definition) is 3. The lowest BCUT2D eigenvalue weighted by molar-refractivity contribution is -0.122. The molecule has 0 aliphatic heterocycles. The molecule has 0 bridgehead atoms. The molecule has 3 N–H and O–H groups in total. The fourth-order valence-electron chi connectivity index (χ4n) is 2.09. The number of rotatable bonds is 4. The van der Waals surface area contributed by atoms with Crippen LogP contribution in [0, 0.1) is 20.8 Å². The third-order valence-corrected chi connectivity index (χ3v) is 3.54. The van der Waals surface area contributed by atoms with E-state index in [4.69, 9.17) is 10.5 Å². The molecule has 0 saturated carbocycles. The number of carbonyl (C=O) groups excluding carboxylic acids is 1. The van der Waals surface area contributed by atoms with Crippen molar-refractivity contribution in [1.82, 2.24) is 0 Å². The van der Waals surface area contributed by atoms with Gasteiger partial charge in [-0.05, 0) is 62.6 Å². The summed E-state index contributed by atoms with van der Waals surface area (Å²) in [5.41, 5.74) is 10.1. The molecule has 0 radical (unpaired) electrons. The first-order chi connectivity index (χ1) is 10.4. The van der Waals surface area contributed by atoms with E-state index in [2.05, 4.69) is 5.32 Å². The van der Waals surface area contributed by atoms with Crippen LogP contribution in [0.5, 0.6) is 5.75 Å². The molecule has 1 amide bonds. The average Bonchev–Trinajstić information content (AvgIpc) is 2.46. The Balaban J connectivity index is 2.09. The summed E-state index contributed by atoms with van der Waals surface area (Å²) in [6.45, 7) is 7.61. The zero-order chi connectivity index (χ0) is 16.3. The van der Waals surface area contributed by atoms with Gasteiger partial charge in [0.15, 0.2) is 6.10 Å². The van der Waals surface area contributed by atoms with Gasteiger partial charge >= 0.3 is 0 Å². The van der Waals surface area contributed by atoms with Crippen molar-refractivity contribution >= 4 is 17.3 Å². The minimum Gasteiger partial charge on any atom is -0.481 e. The highest BCUT2D eigenvalue weighted by atomic mass is 16.5. The highest BCUT2D eigenvalue weighted by Gasteiger charge is 2.16. The van der Waals surface area contributed by atoms with E-state index in [-0.39, 0.29) is 5.91 Å². The first-order valence-corrected chi connectivity index (χ1v) is 7.27. The molecule has 0 fully saturated rings. The minimum atomic E-state index is -0.596. The fraction of sp³-hybridized carbons (Fsp3) is 0.278. The van der Waals surface area contributed by atoms with E-state index in [1.165, 1.54) is 0 Å². The Hall–Kier alpha value is -2.49. The molecule has 0 aromatic heterocycles. The van der Waals surface area contributed by atoms with Crippen LogP contribution >= 0.6 is 0 Å². The Morgan fingerprint density at radius 1 is 1.09 bits per heavy atom. The van der Waals surface area contributed by atoms with Crippen LogP contribution < -0.4 is 15.8 Å². The Kier molecular flexibility index (Phi) is 4.71. The largest absolute Gasteiger partial charge is 0.481 e. The summed E-state index contributed by atoms with van der Waals surface area (Å²) in [6, 6.07) is 11.4. The number of carbonyl (C=O) groups is 1. The number of nitrogens with one attached hydrogen (secondary N) is 1. The van der Waals surface area contributed by atoms with Crippen LogP contribution in [0.25, 0.3) is 0 Å². The van der Waals surface area contributed by atoms with Crippen LogP contribution in [0.2, 0.25) is 0 Å². The molecule has 1 atom stereocenters. The maximum absolute atomic E-state index is 12.3. The van der Waals surface area contributed by atoms with E-state index in [0.29, 0.717) is 11.4 Å². The van der Waals surface area contributed by atoms with Gasteiger partial charge in [0.1, 0.15) is 5.75 Å². The predicted octanol–water partition coefficient (Wildman–Crippen LogP) is 3.60. The summed E-state index contributed by atoms with van der Waals surface area (Å²) >= 11 is 0. The number of hydrogen-bond donors (Lipinski definition) is 2. The van der Waals surface area contributed by atoms with Gasteiger partial charge in [0.2, 0.25) is 0 Å². The second kappa shape index (κ2) is 6.52. The van der Waals surface area contributed by atoms with Gasteiger partial charge in [0, 0.05) is 11.4 Å². The molecule has 2 aromatic rings. The van der Waals surface area contributed by atoms with Crippen molar-refractivity contribution in [3.8, 4) is 5.75 Å². The summed E-state index contributed by atoms with van der Waals surface area (Å²) in [5, 5.41) is 2.86. The van der Waals surface area contributed by atoms with Crippen LogP contribution in [0.1, 0.15) is 23.6 Å². The SMILES string of the molecule is Cc1ccc(C)c(O[C@@H](C)C(=O)Nc2cc(N)ccc2C)c1. The number of amides is 1. The number of aryl methyl sites for hydroxylation is 3. The molecule has 0 aliphatic carbocycles. The number of anilines is 2. The minimum absolute atomic E-state index is 0.199. The molecular weight excluding hydrogens is 276 g/mol. The van der Waals surface area contributed by atoms with Crippen molar-refractivity contribution in [3.05, 3.63) is 53.1 Å². The fourth-order valence-corrected chi connectivity index (χ4v) is 2.09. The zero-order valence-electron chi connectivity index (χ0n) is 13.4. The lowest BCUT2D eigenvalue weighted by Crippen LogP contribution is -2.30. The first kappa shape index (κ1) is 15.9. The second-order valence-electron chi connectivity index (χ2n) is 5.59. The Morgan fingerprint density at radius 2 is 1.77 bits per heavy atom. The molecule has 4 nitrogen and oxygen atoms in total. The Bertz CT molecular complexity index is 695. The quantitative estimate of drug-likeness (QED) is 0.848. The van der Waals surface area contributed by atoms with Crippen molar-refractivity contribution in [3.63, 3.8) is 0 Å². The van der Waals surface area contributed by atoms with Crippen molar-refractivity contribution in [2.24, 2.45) is 0 Å². The molecule has 0 unspecified atom stereocenters. The molecule has 0 spiro atoms. The van der Waals surface area contributed by atoms with Gasteiger partial charge in [-0.1, -0.05) is 18.2 Å². The van der Waals surface area contributed by atoms with Crippen LogP contribution in [-0.2, 0) is 4.79 Å². The molecule has 116 valence electrons. The molecule has 0 aliphatic rings. The third-order valence-electron chi connectivity index (χ3n) is 3.54. The number of nitrogens with two attached hydrogens (primary N) is 1. The summed E-state index contributed by atoms with van der Waals surface area (Å²) in [6.07, 6.45) is -0.596. The van der Waals surface area contributed by atoms with E-state index in [0.717, 1.165) is 22.4 Å². The number of nitrogen functional groups attached to an aromatic ring is 1. The number of benzene rings is 2. The standard InChI is InChI=1S/C18H22N2O2/c1-11-5-6-13(3)17(9-11)22-14(4)18(21)20-16-10-15(19)8-7-12(16)2/h5-10,14H,19H2,1-4H3,(H,20,21)/t14-/m0/s1. The van der Waals surface area contributed by atoms with Crippen molar-refractivity contribution in [1.29, 1.82) is 0 Å². The predicted molar refractivity (Wildman–Crippen MR) is 90.2 cm³/mol. The Labute approximate surface area is 131 Å². The normalized spacial score (nSPS) is 11.8. The lowest BCUT2D eigenvalue weighted by Gasteiger charge is -2.17. The second-order valence-corrected chi connectivity index (χ2v) is 5.59. The van der Waals surface area contributed by atoms with Gasteiger partial charge in [0.05, 0.1) is 0 Å². The van der Waals surface area contributed by atoms with E-state index >= 15 is 0 Å². The molecule has 2 rings (SSSR count). The van der Waals surface area contributed by atoms with Crippen molar-refractivity contribution in [2.45, 2.75) is 33.8 Å². The van der Waals surface area contributed by atoms with Gasteiger partial charge in [-0.25, -0.2) is 0 Å². The van der Waals surface area contributed by atoms with E-state index in [1.807, 2.05) is 45.0 Å². The Morgan fingerprint density at radius 3 is 2.50 bits per heavy atom. The number of ether oxygens (including phenoxy) is 1. The summed E-state index contributed by atoms with van der Waals surface area (Å²) < 4.78 is 5.79. The van der Waals surface area contributed by atoms with Gasteiger partial charge in [-0.15, -0.1) is 0 Å². The molecule has 22 heavy (non-hydrogen) atoms.